The van der Waals surface area contributed by atoms with Crippen LogP contribution in [0.5, 0.6) is 0 Å². The van der Waals surface area contributed by atoms with Gasteiger partial charge in [0.15, 0.2) is 0 Å². The quantitative estimate of drug-likeness (QED) is 0.477. The average Bonchev–Trinajstić information content (AvgIpc) is 3.17. The van der Waals surface area contributed by atoms with Gasteiger partial charge in [-0.15, -0.1) is 6.58 Å². The molecule has 0 radical (unpaired) electrons. The van der Waals surface area contributed by atoms with E-state index in [1.54, 1.807) is 12.4 Å². The molecular weight excluding hydrogens is 344 g/mol. The molecule has 2 heterocycles. The normalized spacial score (nSPS) is 14.1. The zero-order chi connectivity index (χ0) is 19.8. The van der Waals surface area contributed by atoms with E-state index in [2.05, 4.69) is 70.1 Å². The molecule has 0 unspecified atom stereocenters. The number of anilines is 1. The van der Waals surface area contributed by atoms with Gasteiger partial charge in [0.1, 0.15) is 0 Å². The molecule has 3 rings (SSSR count). The molecule has 1 aromatic carbocycles. The fourth-order valence-electron chi connectivity index (χ4n) is 3.35. The highest BCUT2D eigenvalue weighted by molar-refractivity contribution is 5.81. The molecular formula is C24H30N4. The Bertz CT molecular complexity index is 849. The van der Waals surface area contributed by atoms with E-state index in [0.29, 0.717) is 0 Å². The van der Waals surface area contributed by atoms with E-state index in [1.807, 2.05) is 13.0 Å². The maximum absolute atomic E-state index is 4.53. The van der Waals surface area contributed by atoms with Crippen molar-refractivity contribution in [2.24, 2.45) is 0 Å². The first-order valence-corrected chi connectivity index (χ1v) is 10.1. The van der Waals surface area contributed by atoms with E-state index in [9.17, 15) is 0 Å². The lowest BCUT2D eigenvalue weighted by atomic mass is 10.1. The van der Waals surface area contributed by atoms with Crippen LogP contribution in [0.25, 0.3) is 11.8 Å². The summed E-state index contributed by atoms with van der Waals surface area (Å²) in [6.07, 6.45) is 13.3. The van der Waals surface area contributed by atoms with E-state index in [-0.39, 0.29) is 0 Å². The number of hydrogen-bond donors (Lipinski definition) is 1. The number of aromatic nitrogens is 2. The highest BCUT2D eigenvalue weighted by Crippen LogP contribution is 2.28. The molecule has 0 saturated heterocycles. The molecule has 1 N–H and O–H groups in total. The largest absolute Gasteiger partial charge is 0.385 e. The van der Waals surface area contributed by atoms with Crippen molar-refractivity contribution in [3.63, 3.8) is 0 Å². The second-order valence-electron chi connectivity index (χ2n) is 7.15. The molecule has 1 aliphatic heterocycles. The van der Waals surface area contributed by atoms with Gasteiger partial charge in [0.05, 0.1) is 11.4 Å². The molecule has 1 aromatic heterocycles. The highest BCUT2D eigenvalue weighted by Gasteiger charge is 2.18. The summed E-state index contributed by atoms with van der Waals surface area (Å²) in [6.45, 7) is 10.9. The molecule has 28 heavy (non-hydrogen) atoms. The van der Waals surface area contributed by atoms with Gasteiger partial charge in [-0.3, -0.25) is 9.97 Å². The van der Waals surface area contributed by atoms with E-state index in [4.69, 9.17) is 0 Å². The summed E-state index contributed by atoms with van der Waals surface area (Å²) >= 11 is 0. The summed E-state index contributed by atoms with van der Waals surface area (Å²) in [7, 11) is 0. The van der Waals surface area contributed by atoms with Gasteiger partial charge < -0.3 is 10.2 Å². The zero-order valence-corrected chi connectivity index (χ0v) is 17.0. The van der Waals surface area contributed by atoms with Crippen molar-refractivity contribution in [2.45, 2.75) is 33.1 Å². The van der Waals surface area contributed by atoms with Gasteiger partial charge >= 0.3 is 0 Å². The maximum atomic E-state index is 4.53. The van der Waals surface area contributed by atoms with E-state index >= 15 is 0 Å². The molecule has 4 heteroatoms. The first kappa shape index (κ1) is 19.9. The van der Waals surface area contributed by atoms with Crippen molar-refractivity contribution in [3.05, 3.63) is 77.9 Å². The summed E-state index contributed by atoms with van der Waals surface area (Å²) in [6, 6.07) is 8.71. The molecule has 0 bridgehead atoms. The maximum Gasteiger partial charge on any atom is 0.0862 e. The van der Waals surface area contributed by atoms with Crippen LogP contribution in [-0.4, -0.2) is 34.5 Å². The summed E-state index contributed by atoms with van der Waals surface area (Å²) in [5, 5.41) is 3.49. The number of aryl methyl sites for hydroxylation is 1. The predicted octanol–water partition coefficient (Wildman–Crippen LogP) is 5.31. The third-order valence-electron chi connectivity index (χ3n) is 4.97. The molecule has 0 spiro atoms. The van der Waals surface area contributed by atoms with Crippen LogP contribution in [0.2, 0.25) is 0 Å². The van der Waals surface area contributed by atoms with Crippen molar-refractivity contribution < 1.29 is 0 Å². The van der Waals surface area contributed by atoms with Crippen LogP contribution in [-0.2, 0) is 0 Å². The second kappa shape index (κ2) is 9.88. The Kier molecular flexibility index (Phi) is 7.01. The average molecular weight is 375 g/mol. The molecule has 0 atom stereocenters. The Labute approximate surface area is 168 Å². The summed E-state index contributed by atoms with van der Waals surface area (Å²) in [5.41, 5.74) is 6.81. The lowest BCUT2D eigenvalue weighted by molar-refractivity contribution is 0.506. The molecule has 1 aliphatic rings. The van der Waals surface area contributed by atoms with Gasteiger partial charge in [-0.2, -0.15) is 0 Å². The molecule has 146 valence electrons. The molecule has 0 saturated carbocycles. The monoisotopic (exact) mass is 374 g/mol. The Morgan fingerprint density at radius 1 is 1.21 bits per heavy atom. The molecule has 0 fully saturated rings. The van der Waals surface area contributed by atoms with Crippen LogP contribution >= 0.6 is 0 Å². The van der Waals surface area contributed by atoms with Crippen molar-refractivity contribution in [2.75, 3.05) is 25.0 Å². The summed E-state index contributed by atoms with van der Waals surface area (Å²) in [4.78, 5) is 11.3. The summed E-state index contributed by atoms with van der Waals surface area (Å²) < 4.78 is 0. The number of benzene rings is 1. The second-order valence-corrected chi connectivity index (χ2v) is 7.15. The molecule has 0 aliphatic carbocycles. The van der Waals surface area contributed by atoms with Crippen LogP contribution < -0.4 is 5.32 Å². The van der Waals surface area contributed by atoms with E-state index in [1.165, 1.54) is 35.4 Å². The number of nitrogens with one attached hydrogen (secondary N) is 1. The minimum atomic E-state index is 0.908. The number of unbranched alkanes of at least 4 members (excludes halogenated alkanes) is 1. The van der Waals surface area contributed by atoms with Crippen molar-refractivity contribution in [3.8, 4) is 0 Å². The topological polar surface area (TPSA) is 41.1 Å². The lowest BCUT2D eigenvalue weighted by Crippen LogP contribution is -2.19. The third-order valence-corrected chi connectivity index (χ3v) is 4.97. The highest BCUT2D eigenvalue weighted by atomic mass is 15.1. The number of rotatable bonds is 9. The number of hydrogen-bond acceptors (Lipinski definition) is 4. The van der Waals surface area contributed by atoms with Crippen molar-refractivity contribution in [1.82, 2.24) is 14.9 Å². The zero-order valence-electron chi connectivity index (χ0n) is 17.0. The fraction of sp³-hybridized carbons (Fsp3) is 0.333. The Morgan fingerprint density at radius 2 is 2.00 bits per heavy atom. The van der Waals surface area contributed by atoms with Gasteiger partial charge in [0.25, 0.3) is 0 Å². The van der Waals surface area contributed by atoms with Gasteiger partial charge in [-0.05, 0) is 49.1 Å². The summed E-state index contributed by atoms with van der Waals surface area (Å²) in [5.74, 6) is 0. The van der Waals surface area contributed by atoms with Gasteiger partial charge in [0.2, 0.25) is 0 Å². The Balaban J connectivity index is 1.86. The van der Waals surface area contributed by atoms with Crippen molar-refractivity contribution in [1.29, 1.82) is 0 Å². The lowest BCUT2D eigenvalue weighted by Gasteiger charge is -2.23. The van der Waals surface area contributed by atoms with Crippen LogP contribution in [0.15, 0.2) is 61.0 Å². The predicted molar refractivity (Wildman–Crippen MR) is 119 cm³/mol. The van der Waals surface area contributed by atoms with Gasteiger partial charge in [0, 0.05) is 43.4 Å². The minimum Gasteiger partial charge on any atom is -0.385 e. The standard InChI is InChI=1S/C24H30N4/c1-4-6-13-26-22-10-8-21(9-11-22)24(17-23-19(3)25-14-15-27-23)28-16-12-20(18-28)7-5-2/h5,8-12,14-15,17,26H,2,4,6-7,13,16,18H2,1,3H3/b24-17-. The van der Waals surface area contributed by atoms with E-state index in [0.717, 1.165) is 37.4 Å². The van der Waals surface area contributed by atoms with Crippen LogP contribution in [0.3, 0.4) is 0 Å². The van der Waals surface area contributed by atoms with Crippen LogP contribution in [0, 0.1) is 6.92 Å². The minimum absolute atomic E-state index is 0.908. The first-order chi connectivity index (χ1) is 13.7. The SMILES string of the molecule is C=CCC1=CCN(/C(=C\c2nccnc2C)c2ccc(NCCCC)cc2)C1. The first-order valence-electron chi connectivity index (χ1n) is 10.1. The molecule has 2 aromatic rings. The fourth-order valence-corrected chi connectivity index (χ4v) is 3.35. The smallest absolute Gasteiger partial charge is 0.0862 e. The van der Waals surface area contributed by atoms with E-state index < -0.39 is 0 Å². The Hall–Kier alpha value is -2.88. The molecule has 0 amide bonds. The number of allylic oxidation sites excluding steroid dienone is 1. The Morgan fingerprint density at radius 3 is 2.71 bits per heavy atom. The molecule has 4 nitrogen and oxygen atoms in total. The third kappa shape index (κ3) is 5.10. The van der Waals surface area contributed by atoms with Gasteiger partial charge in [-0.1, -0.05) is 37.6 Å². The van der Waals surface area contributed by atoms with Gasteiger partial charge in [-0.25, -0.2) is 0 Å². The van der Waals surface area contributed by atoms with Crippen molar-refractivity contribution >= 4 is 17.5 Å². The number of nitrogens with zero attached hydrogens (tertiary/aromatic N) is 3. The van der Waals surface area contributed by atoms with Crippen LogP contribution in [0.1, 0.15) is 43.1 Å². The van der Waals surface area contributed by atoms with Crippen LogP contribution in [0.4, 0.5) is 5.69 Å².